The Kier molecular flexibility index (Phi) is 5.64. The van der Waals surface area contributed by atoms with Gasteiger partial charge in [0.1, 0.15) is 17.8 Å². The van der Waals surface area contributed by atoms with Crippen molar-refractivity contribution in [1.82, 2.24) is 0 Å². The summed E-state index contributed by atoms with van der Waals surface area (Å²) in [5.74, 6) is -0.0887. The van der Waals surface area contributed by atoms with Crippen molar-refractivity contribution < 1.29 is 29.6 Å². The summed E-state index contributed by atoms with van der Waals surface area (Å²) in [4.78, 5) is 26.8. The summed E-state index contributed by atoms with van der Waals surface area (Å²) in [6.45, 7) is 12.3. The predicted molar refractivity (Wildman–Crippen MR) is 131 cm³/mol. The van der Waals surface area contributed by atoms with Gasteiger partial charge < -0.3 is 20.1 Å². The number of hydrogen-bond acceptors (Lipinski definition) is 6. The molecule has 4 aliphatic carbocycles. The number of Topliss-reactive ketones (excluding diaryl/α,β-unsaturated/α-hetero) is 2. The molecule has 1 spiro atoms. The summed E-state index contributed by atoms with van der Waals surface area (Å²) in [5.41, 5.74) is -0.836. The second-order valence-corrected chi connectivity index (χ2v) is 13.3. The lowest BCUT2D eigenvalue weighted by Gasteiger charge is -2.62. The van der Waals surface area contributed by atoms with E-state index < -0.39 is 40.2 Å². The molecule has 0 aromatic carbocycles. The normalized spacial score (nSPS) is 53.5. The molecular formula is C29H44O6. The lowest BCUT2D eigenvalue weighted by Crippen LogP contribution is -2.60. The van der Waals surface area contributed by atoms with Gasteiger partial charge in [-0.1, -0.05) is 45.8 Å². The predicted octanol–water partition coefficient (Wildman–Crippen LogP) is 3.75. The quantitative estimate of drug-likeness (QED) is 0.523. The highest BCUT2D eigenvalue weighted by Crippen LogP contribution is 2.74. The summed E-state index contributed by atoms with van der Waals surface area (Å²) in [6, 6.07) is 0. The summed E-state index contributed by atoms with van der Waals surface area (Å²) in [6.07, 6.45) is 3.11. The van der Waals surface area contributed by atoms with Crippen LogP contribution in [0.3, 0.4) is 0 Å². The molecule has 0 amide bonds. The van der Waals surface area contributed by atoms with Crippen LogP contribution in [0, 0.1) is 33.5 Å². The highest BCUT2D eigenvalue weighted by molar-refractivity contribution is 5.97. The van der Waals surface area contributed by atoms with Crippen molar-refractivity contribution in [2.45, 2.75) is 117 Å². The molecule has 3 N–H and O–H groups in total. The minimum atomic E-state index is -1.25. The number of ether oxygens (including phenoxy) is 1. The van der Waals surface area contributed by atoms with E-state index in [0.717, 1.165) is 31.3 Å². The Hall–Kier alpha value is -1.08. The SMILES string of the molecule is CCC(=O)[C@@H]1C[C@@H](C)[C@@]2(O1)[C@@H](O)C(=O)[C@@]1(C)C3=C(CC[C@@]12C)[C@@]1(C)CC[C@H](O)[C@](C)(CO)[C@@H]1CC3. The molecule has 0 aromatic heterocycles. The Balaban J connectivity index is 1.64. The average molecular weight is 489 g/mol. The molecule has 1 heterocycles. The molecule has 196 valence electrons. The lowest BCUT2D eigenvalue weighted by atomic mass is 9.42. The largest absolute Gasteiger partial charge is 0.396 e. The molecule has 0 radical (unpaired) electrons. The van der Waals surface area contributed by atoms with Crippen LogP contribution in [0.2, 0.25) is 0 Å². The van der Waals surface area contributed by atoms with Gasteiger partial charge in [0.25, 0.3) is 0 Å². The number of allylic oxidation sites excluding steroid dienone is 2. The standard InChI is InChI=1S/C29H44O6/c1-7-19(31)20-14-16(2)29(35-20)24(34)23(33)28(6)18-8-9-21-25(3,17(18)10-13-27(28,29)5)12-11-22(32)26(21,4)15-30/h16,20-22,24,30,32,34H,7-15H2,1-6H3/t16-,20+,21-,22+,24+,25-,26-,27+,28-,29-/m1/s1. The van der Waals surface area contributed by atoms with Crippen molar-refractivity contribution in [3.8, 4) is 0 Å². The van der Waals surface area contributed by atoms with Crippen LogP contribution in [0.1, 0.15) is 92.9 Å². The first-order valence-corrected chi connectivity index (χ1v) is 13.7. The smallest absolute Gasteiger partial charge is 0.174 e. The topological polar surface area (TPSA) is 104 Å². The van der Waals surface area contributed by atoms with Crippen LogP contribution < -0.4 is 0 Å². The van der Waals surface area contributed by atoms with Crippen molar-refractivity contribution in [1.29, 1.82) is 0 Å². The molecule has 1 saturated heterocycles. The third kappa shape index (κ3) is 2.70. The number of carbonyl (C=O) groups is 2. The summed E-state index contributed by atoms with van der Waals surface area (Å²) >= 11 is 0. The Labute approximate surface area is 209 Å². The van der Waals surface area contributed by atoms with E-state index in [9.17, 15) is 24.9 Å². The highest BCUT2D eigenvalue weighted by Gasteiger charge is 2.79. The number of ketones is 2. The molecule has 1 aliphatic heterocycles. The van der Waals surface area contributed by atoms with Gasteiger partial charge in [-0.2, -0.15) is 0 Å². The molecule has 0 bridgehead atoms. The zero-order valence-electron chi connectivity index (χ0n) is 22.3. The molecule has 3 fully saturated rings. The van der Waals surface area contributed by atoms with Crippen molar-refractivity contribution in [3.63, 3.8) is 0 Å². The second-order valence-electron chi connectivity index (χ2n) is 13.3. The van der Waals surface area contributed by atoms with E-state index in [1.54, 1.807) is 0 Å². The monoisotopic (exact) mass is 488 g/mol. The number of hydrogen-bond donors (Lipinski definition) is 3. The molecule has 5 rings (SSSR count). The third-order valence-corrected chi connectivity index (χ3v) is 12.3. The van der Waals surface area contributed by atoms with Gasteiger partial charge in [0.2, 0.25) is 0 Å². The summed E-state index contributed by atoms with van der Waals surface area (Å²) in [7, 11) is 0. The van der Waals surface area contributed by atoms with E-state index in [1.165, 1.54) is 5.57 Å². The Bertz CT molecular complexity index is 988. The van der Waals surface area contributed by atoms with Crippen LogP contribution in [0.15, 0.2) is 11.1 Å². The van der Waals surface area contributed by atoms with Gasteiger partial charge >= 0.3 is 0 Å². The van der Waals surface area contributed by atoms with Gasteiger partial charge in [-0.05, 0) is 69.1 Å². The van der Waals surface area contributed by atoms with Crippen LogP contribution in [0.4, 0.5) is 0 Å². The maximum atomic E-state index is 14.1. The number of fused-ring (bicyclic) bond motifs is 5. The third-order valence-electron chi connectivity index (χ3n) is 12.3. The first kappa shape index (κ1) is 25.6. The van der Waals surface area contributed by atoms with Gasteiger partial charge in [-0.25, -0.2) is 0 Å². The van der Waals surface area contributed by atoms with E-state index >= 15 is 0 Å². The number of aliphatic hydroxyl groups excluding tert-OH is 3. The van der Waals surface area contributed by atoms with Gasteiger partial charge in [0.15, 0.2) is 11.6 Å². The lowest BCUT2D eigenvalue weighted by molar-refractivity contribution is -0.188. The zero-order valence-corrected chi connectivity index (χ0v) is 22.3. The molecule has 5 aliphatic rings. The van der Waals surface area contributed by atoms with Crippen LogP contribution in [-0.2, 0) is 14.3 Å². The van der Waals surface area contributed by atoms with Crippen molar-refractivity contribution >= 4 is 11.6 Å². The zero-order chi connectivity index (χ0) is 25.8. The van der Waals surface area contributed by atoms with Gasteiger partial charge in [-0.15, -0.1) is 0 Å². The van der Waals surface area contributed by atoms with Crippen LogP contribution >= 0.6 is 0 Å². The molecule has 35 heavy (non-hydrogen) atoms. The van der Waals surface area contributed by atoms with Crippen LogP contribution in [0.25, 0.3) is 0 Å². The Morgan fingerprint density at radius 2 is 1.74 bits per heavy atom. The average Bonchev–Trinajstić information content (AvgIpc) is 3.25. The Morgan fingerprint density at radius 1 is 1.06 bits per heavy atom. The Morgan fingerprint density at radius 3 is 2.37 bits per heavy atom. The fourth-order valence-electron chi connectivity index (χ4n) is 9.96. The van der Waals surface area contributed by atoms with Crippen molar-refractivity contribution in [2.75, 3.05) is 6.61 Å². The second kappa shape index (κ2) is 7.72. The van der Waals surface area contributed by atoms with Gasteiger partial charge in [0, 0.05) is 17.3 Å². The maximum absolute atomic E-state index is 14.1. The van der Waals surface area contributed by atoms with Crippen LogP contribution in [0.5, 0.6) is 0 Å². The molecular weight excluding hydrogens is 444 g/mol. The summed E-state index contributed by atoms with van der Waals surface area (Å²) in [5, 5.41) is 32.8. The van der Waals surface area contributed by atoms with Gasteiger partial charge in [-0.3, -0.25) is 9.59 Å². The fraction of sp³-hybridized carbons (Fsp3) is 0.862. The fourth-order valence-corrected chi connectivity index (χ4v) is 9.96. The molecule has 0 aromatic rings. The van der Waals surface area contributed by atoms with E-state index in [2.05, 4.69) is 13.8 Å². The minimum Gasteiger partial charge on any atom is -0.396 e. The first-order valence-electron chi connectivity index (χ1n) is 13.7. The van der Waals surface area contributed by atoms with E-state index in [1.807, 2.05) is 27.7 Å². The van der Waals surface area contributed by atoms with E-state index in [4.69, 9.17) is 4.74 Å². The minimum absolute atomic E-state index is 0.0402. The van der Waals surface area contributed by atoms with E-state index in [0.29, 0.717) is 25.7 Å². The molecule has 0 unspecified atom stereocenters. The molecule has 6 nitrogen and oxygen atoms in total. The van der Waals surface area contributed by atoms with Crippen molar-refractivity contribution in [3.05, 3.63) is 11.1 Å². The van der Waals surface area contributed by atoms with Crippen molar-refractivity contribution in [2.24, 2.45) is 33.5 Å². The molecule has 6 heteroatoms. The maximum Gasteiger partial charge on any atom is 0.174 e. The summed E-state index contributed by atoms with van der Waals surface area (Å²) < 4.78 is 6.56. The van der Waals surface area contributed by atoms with Gasteiger partial charge in [0.05, 0.1) is 18.1 Å². The number of rotatable bonds is 3. The van der Waals surface area contributed by atoms with Crippen LogP contribution in [-0.4, -0.2) is 57.4 Å². The van der Waals surface area contributed by atoms with E-state index in [-0.39, 0.29) is 35.4 Å². The molecule has 10 atom stereocenters. The number of aliphatic hydroxyl groups is 3. The highest BCUT2D eigenvalue weighted by atomic mass is 16.5. The number of carbonyl (C=O) groups excluding carboxylic acids is 2. The molecule has 2 saturated carbocycles. The first-order chi connectivity index (χ1) is 16.3.